The third-order valence-electron chi connectivity index (χ3n) is 1.25. The smallest absolute Gasteiger partial charge is 0.375 e. The highest BCUT2D eigenvalue weighted by Crippen LogP contribution is 2.12. The summed E-state index contributed by atoms with van der Waals surface area (Å²) in [5, 5.41) is 0. The minimum absolute atomic E-state index is 0.423. The molecule has 0 aliphatic rings. The van der Waals surface area contributed by atoms with Crippen LogP contribution in [0.15, 0.2) is 0 Å². The molecule has 0 spiro atoms. The summed E-state index contributed by atoms with van der Waals surface area (Å²) in [6.45, 7) is 2.72. The van der Waals surface area contributed by atoms with Gasteiger partial charge >= 0.3 is 5.97 Å². The lowest BCUT2D eigenvalue weighted by atomic mass is 9.90. The standard InChI is InChI=1S/C7H10O4/c1-7(2,4-8)5(9)6(10)11-3/h4H,1-3H3. The Bertz CT molecular complexity index is 193. The van der Waals surface area contributed by atoms with Crippen LogP contribution in [0.25, 0.3) is 0 Å². The molecule has 0 aromatic rings. The molecule has 0 aliphatic heterocycles. The van der Waals surface area contributed by atoms with Crippen molar-refractivity contribution in [1.29, 1.82) is 0 Å². The summed E-state index contributed by atoms with van der Waals surface area (Å²) >= 11 is 0. The second kappa shape index (κ2) is 3.27. The number of carbonyl (C=O) groups excluding carboxylic acids is 3. The molecular formula is C7H10O4. The third kappa shape index (κ3) is 2.14. The van der Waals surface area contributed by atoms with Crippen molar-refractivity contribution >= 4 is 18.0 Å². The van der Waals surface area contributed by atoms with Crippen molar-refractivity contribution in [1.82, 2.24) is 0 Å². The highest BCUT2D eigenvalue weighted by molar-refractivity contribution is 6.38. The molecule has 4 nitrogen and oxygen atoms in total. The van der Waals surface area contributed by atoms with Crippen LogP contribution in [0.5, 0.6) is 0 Å². The van der Waals surface area contributed by atoms with E-state index in [1.807, 2.05) is 0 Å². The number of rotatable bonds is 3. The van der Waals surface area contributed by atoms with Gasteiger partial charge in [0.1, 0.15) is 6.29 Å². The third-order valence-corrected chi connectivity index (χ3v) is 1.25. The van der Waals surface area contributed by atoms with Gasteiger partial charge in [-0.25, -0.2) is 4.79 Å². The van der Waals surface area contributed by atoms with Crippen molar-refractivity contribution < 1.29 is 19.1 Å². The fourth-order valence-corrected chi connectivity index (χ4v) is 0.409. The van der Waals surface area contributed by atoms with Gasteiger partial charge in [-0.15, -0.1) is 0 Å². The van der Waals surface area contributed by atoms with E-state index in [0.29, 0.717) is 6.29 Å². The molecule has 0 heterocycles. The summed E-state index contributed by atoms with van der Waals surface area (Å²) < 4.78 is 4.15. The van der Waals surface area contributed by atoms with Gasteiger partial charge in [0.15, 0.2) is 0 Å². The fourth-order valence-electron chi connectivity index (χ4n) is 0.409. The van der Waals surface area contributed by atoms with Crippen molar-refractivity contribution in [3.63, 3.8) is 0 Å². The average Bonchev–Trinajstić information content (AvgIpc) is 2.01. The van der Waals surface area contributed by atoms with Crippen molar-refractivity contribution in [2.75, 3.05) is 7.11 Å². The number of esters is 1. The number of Topliss-reactive ketones (excluding diaryl/α,β-unsaturated/α-hetero) is 1. The summed E-state index contributed by atoms with van der Waals surface area (Å²) in [5.74, 6) is -1.81. The van der Waals surface area contributed by atoms with Gasteiger partial charge in [0.25, 0.3) is 5.78 Å². The summed E-state index contributed by atoms with van der Waals surface area (Å²) in [5.41, 5.74) is -1.27. The monoisotopic (exact) mass is 158 g/mol. The second-order valence-electron chi connectivity index (χ2n) is 2.66. The van der Waals surface area contributed by atoms with Crippen molar-refractivity contribution in [2.24, 2.45) is 5.41 Å². The Morgan fingerprint density at radius 3 is 2.09 bits per heavy atom. The van der Waals surface area contributed by atoms with E-state index in [0.717, 1.165) is 7.11 Å². The molecule has 0 rings (SSSR count). The highest BCUT2D eigenvalue weighted by atomic mass is 16.5. The maximum absolute atomic E-state index is 10.9. The number of ether oxygens (including phenoxy) is 1. The summed E-state index contributed by atoms with van der Waals surface area (Å²) in [6, 6.07) is 0. The SMILES string of the molecule is COC(=O)C(=O)C(C)(C)C=O. The van der Waals surface area contributed by atoms with Crippen LogP contribution < -0.4 is 0 Å². The van der Waals surface area contributed by atoms with Crippen LogP contribution in [0, 0.1) is 5.41 Å². The predicted molar refractivity (Wildman–Crippen MR) is 36.9 cm³/mol. The van der Waals surface area contributed by atoms with Crippen molar-refractivity contribution in [2.45, 2.75) is 13.8 Å². The first-order valence-electron chi connectivity index (χ1n) is 3.04. The quantitative estimate of drug-likeness (QED) is 0.250. The number of hydrogen-bond donors (Lipinski definition) is 0. The first-order chi connectivity index (χ1) is 4.95. The number of ketones is 1. The number of methoxy groups -OCH3 is 1. The molecule has 0 aliphatic carbocycles. The molecule has 11 heavy (non-hydrogen) atoms. The maximum atomic E-state index is 10.9. The molecule has 62 valence electrons. The number of hydrogen-bond acceptors (Lipinski definition) is 4. The Labute approximate surface area is 64.5 Å². The molecular weight excluding hydrogens is 148 g/mol. The minimum atomic E-state index is -1.27. The van der Waals surface area contributed by atoms with E-state index in [2.05, 4.69) is 4.74 Å². The van der Waals surface area contributed by atoms with Crippen LogP contribution in [0.2, 0.25) is 0 Å². The zero-order valence-corrected chi connectivity index (χ0v) is 6.71. The largest absolute Gasteiger partial charge is 0.463 e. The predicted octanol–water partition coefficient (Wildman–Crippen LogP) is -0.0464. The summed E-state index contributed by atoms with van der Waals surface area (Å²) in [7, 11) is 1.10. The summed E-state index contributed by atoms with van der Waals surface area (Å²) in [6.07, 6.45) is 0.423. The van der Waals surface area contributed by atoms with Crippen LogP contribution in [-0.2, 0) is 19.1 Å². The molecule has 0 radical (unpaired) electrons. The molecule has 0 aromatic heterocycles. The van der Waals surface area contributed by atoms with Gasteiger partial charge in [0.2, 0.25) is 0 Å². The number of aldehydes is 1. The van der Waals surface area contributed by atoms with E-state index >= 15 is 0 Å². The van der Waals surface area contributed by atoms with Crippen LogP contribution in [0.4, 0.5) is 0 Å². The number of carbonyl (C=O) groups is 3. The van der Waals surface area contributed by atoms with Gasteiger partial charge in [-0.1, -0.05) is 0 Å². The zero-order chi connectivity index (χ0) is 9.07. The van der Waals surface area contributed by atoms with Crippen LogP contribution in [0.1, 0.15) is 13.8 Å². The molecule has 0 amide bonds. The molecule has 4 heteroatoms. The molecule has 0 aromatic carbocycles. The first-order valence-corrected chi connectivity index (χ1v) is 3.04. The Hall–Kier alpha value is -1.19. The van der Waals surface area contributed by atoms with Gasteiger partial charge < -0.3 is 9.53 Å². The zero-order valence-electron chi connectivity index (χ0n) is 6.71. The molecule has 0 unspecified atom stereocenters. The molecule has 0 bridgehead atoms. The van der Waals surface area contributed by atoms with E-state index in [4.69, 9.17) is 0 Å². The van der Waals surface area contributed by atoms with E-state index in [-0.39, 0.29) is 0 Å². The van der Waals surface area contributed by atoms with Crippen LogP contribution in [-0.4, -0.2) is 25.1 Å². The Morgan fingerprint density at radius 2 is 1.82 bits per heavy atom. The van der Waals surface area contributed by atoms with Gasteiger partial charge in [0, 0.05) is 0 Å². The van der Waals surface area contributed by atoms with Crippen LogP contribution in [0.3, 0.4) is 0 Å². The van der Waals surface area contributed by atoms with Crippen LogP contribution >= 0.6 is 0 Å². The second-order valence-corrected chi connectivity index (χ2v) is 2.66. The fraction of sp³-hybridized carbons (Fsp3) is 0.571. The lowest BCUT2D eigenvalue weighted by molar-refractivity contribution is -0.156. The lowest BCUT2D eigenvalue weighted by Gasteiger charge is -2.11. The van der Waals surface area contributed by atoms with E-state index in [1.165, 1.54) is 13.8 Å². The molecule has 0 saturated carbocycles. The van der Waals surface area contributed by atoms with E-state index in [9.17, 15) is 14.4 Å². The average molecular weight is 158 g/mol. The lowest BCUT2D eigenvalue weighted by Crippen LogP contribution is -2.33. The van der Waals surface area contributed by atoms with Crippen molar-refractivity contribution in [3.8, 4) is 0 Å². The molecule has 0 saturated heterocycles. The molecule has 0 atom stereocenters. The van der Waals surface area contributed by atoms with Gasteiger partial charge in [-0.05, 0) is 13.8 Å². The maximum Gasteiger partial charge on any atom is 0.375 e. The summed E-state index contributed by atoms with van der Waals surface area (Å²) in [4.78, 5) is 31.8. The Morgan fingerprint density at radius 1 is 1.36 bits per heavy atom. The van der Waals surface area contributed by atoms with Crippen molar-refractivity contribution in [3.05, 3.63) is 0 Å². The highest BCUT2D eigenvalue weighted by Gasteiger charge is 2.33. The van der Waals surface area contributed by atoms with Gasteiger partial charge in [0.05, 0.1) is 12.5 Å². The molecule has 0 N–H and O–H groups in total. The van der Waals surface area contributed by atoms with E-state index < -0.39 is 17.2 Å². The topological polar surface area (TPSA) is 60.4 Å². The minimum Gasteiger partial charge on any atom is -0.463 e. The van der Waals surface area contributed by atoms with E-state index in [1.54, 1.807) is 0 Å². The normalized spacial score (nSPS) is 10.5. The van der Waals surface area contributed by atoms with Gasteiger partial charge in [-0.2, -0.15) is 0 Å². The van der Waals surface area contributed by atoms with Gasteiger partial charge in [-0.3, -0.25) is 4.79 Å². The first kappa shape index (κ1) is 9.81. The Balaban J connectivity index is 4.48. The molecule has 0 fully saturated rings. The Kier molecular flexibility index (Phi) is 2.92.